The molecular formula is C18H22N2O5. The van der Waals surface area contributed by atoms with Gasteiger partial charge < -0.3 is 24.5 Å². The molecule has 0 saturated heterocycles. The summed E-state index contributed by atoms with van der Waals surface area (Å²) < 4.78 is 15.5. The molecule has 2 N–H and O–H groups in total. The Labute approximate surface area is 146 Å². The first kappa shape index (κ1) is 18.5. The molecule has 2 aromatic rings. The molecule has 2 amide bonds. The van der Waals surface area contributed by atoms with Crippen molar-refractivity contribution in [3.8, 4) is 0 Å². The average molecular weight is 346 g/mol. The Morgan fingerprint density at radius 1 is 1.16 bits per heavy atom. The van der Waals surface area contributed by atoms with Crippen molar-refractivity contribution in [2.45, 2.75) is 20.0 Å². The predicted molar refractivity (Wildman–Crippen MR) is 92.4 cm³/mol. The molecule has 0 aliphatic rings. The molecule has 0 radical (unpaired) electrons. The van der Waals surface area contributed by atoms with E-state index in [-0.39, 0.29) is 12.0 Å². The Kier molecular flexibility index (Phi) is 7.52. The lowest BCUT2D eigenvalue weighted by atomic mass is 10.2. The maximum atomic E-state index is 11.8. The van der Waals surface area contributed by atoms with Crippen LogP contribution in [-0.2, 0) is 16.1 Å². The van der Waals surface area contributed by atoms with Gasteiger partial charge in [-0.3, -0.25) is 0 Å². The van der Waals surface area contributed by atoms with Crippen molar-refractivity contribution in [3.63, 3.8) is 0 Å². The Balaban J connectivity index is 1.60. The van der Waals surface area contributed by atoms with Gasteiger partial charge in [0, 0.05) is 18.8 Å². The molecule has 0 unspecified atom stereocenters. The summed E-state index contributed by atoms with van der Waals surface area (Å²) in [5.74, 6) is 0.394. The highest BCUT2D eigenvalue weighted by atomic mass is 16.5. The lowest BCUT2D eigenvalue weighted by Gasteiger charge is -2.08. The number of carbonyl (C=O) groups is 2. The summed E-state index contributed by atoms with van der Waals surface area (Å²) in [6.45, 7) is 3.51. The van der Waals surface area contributed by atoms with Gasteiger partial charge in [-0.15, -0.1) is 0 Å². The van der Waals surface area contributed by atoms with E-state index in [1.807, 2.05) is 12.1 Å². The van der Waals surface area contributed by atoms with Gasteiger partial charge in [-0.1, -0.05) is 0 Å². The molecule has 0 atom stereocenters. The zero-order valence-corrected chi connectivity index (χ0v) is 14.1. The lowest BCUT2D eigenvalue weighted by Crippen LogP contribution is -2.30. The number of rotatable bonds is 9. The number of amides is 2. The van der Waals surface area contributed by atoms with Crippen molar-refractivity contribution in [2.24, 2.45) is 0 Å². The standard InChI is InChI=1S/C18H22N2O5/c1-2-24-17(21)14-6-8-15(9-7-14)20-18(22)19-10-4-11-23-13-16-5-3-12-25-16/h3,5-9,12H,2,4,10-11,13H2,1H3,(H2,19,20,22). The molecular weight excluding hydrogens is 324 g/mol. The first-order chi connectivity index (χ1) is 12.2. The maximum absolute atomic E-state index is 11.8. The highest BCUT2D eigenvalue weighted by molar-refractivity contribution is 5.92. The van der Waals surface area contributed by atoms with Gasteiger partial charge in [-0.05, 0) is 49.7 Å². The van der Waals surface area contributed by atoms with E-state index in [0.717, 1.165) is 5.76 Å². The van der Waals surface area contributed by atoms with E-state index in [0.29, 0.717) is 44.0 Å². The summed E-state index contributed by atoms with van der Waals surface area (Å²) in [5, 5.41) is 5.43. The topological polar surface area (TPSA) is 89.8 Å². The van der Waals surface area contributed by atoms with Gasteiger partial charge in [0.1, 0.15) is 12.4 Å². The normalized spacial score (nSPS) is 10.3. The number of hydrogen-bond donors (Lipinski definition) is 2. The zero-order valence-electron chi connectivity index (χ0n) is 14.1. The summed E-state index contributed by atoms with van der Waals surface area (Å²) in [7, 11) is 0. The molecule has 1 heterocycles. The van der Waals surface area contributed by atoms with Crippen LogP contribution in [0.3, 0.4) is 0 Å². The predicted octanol–water partition coefficient (Wildman–Crippen LogP) is 3.18. The summed E-state index contributed by atoms with van der Waals surface area (Å²) >= 11 is 0. The van der Waals surface area contributed by atoms with E-state index >= 15 is 0 Å². The lowest BCUT2D eigenvalue weighted by molar-refractivity contribution is 0.0526. The smallest absolute Gasteiger partial charge is 0.338 e. The molecule has 0 fully saturated rings. The number of anilines is 1. The number of furan rings is 1. The number of benzene rings is 1. The second-order valence-corrected chi connectivity index (χ2v) is 5.16. The number of urea groups is 1. The minimum atomic E-state index is -0.381. The second kappa shape index (κ2) is 10.1. The van der Waals surface area contributed by atoms with Gasteiger partial charge in [-0.2, -0.15) is 0 Å². The summed E-state index contributed by atoms with van der Waals surface area (Å²) in [4.78, 5) is 23.3. The van der Waals surface area contributed by atoms with Crippen LogP contribution in [0.4, 0.5) is 10.5 Å². The number of nitrogens with one attached hydrogen (secondary N) is 2. The Bertz CT molecular complexity index is 653. The van der Waals surface area contributed by atoms with Gasteiger partial charge in [0.2, 0.25) is 0 Å². The third-order valence-corrected chi connectivity index (χ3v) is 3.23. The Morgan fingerprint density at radius 3 is 2.64 bits per heavy atom. The number of ether oxygens (including phenoxy) is 2. The van der Waals surface area contributed by atoms with Gasteiger partial charge in [-0.25, -0.2) is 9.59 Å². The molecule has 25 heavy (non-hydrogen) atoms. The molecule has 0 aliphatic carbocycles. The van der Waals surface area contributed by atoms with Crippen LogP contribution in [0.5, 0.6) is 0 Å². The van der Waals surface area contributed by atoms with Crippen LogP contribution in [0, 0.1) is 0 Å². The van der Waals surface area contributed by atoms with Crippen LogP contribution >= 0.6 is 0 Å². The molecule has 0 spiro atoms. The largest absolute Gasteiger partial charge is 0.467 e. The van der Waals surface area contributed by atoms with Crippen LogP contribution in [0.2, 0.25) is 0 Å². The van der Waals surface area contributed by atoms with Crippen LogP contribution in [0.25, 0.3) is 0 Å². The number of hydrogen-bond acceptors (Lipinski definition) is 5. The molecule has 0 bridgehead atoms. The third kappa shape index (κ3) is 6.68. The fourth-order valence-corrected chi connectivity index (χ4v) is 2.02. The average Bonchev–Trinajstić information content (AvgIpc) is 3.12. The zero-order chi connectivity index (χ0) is 17.9. The van der Waals surface area contributed by atoms with E-state index in [9.17, 15) is 9.59 Å². The molecule has 7 nitrogen and oxygen atoms in total. The maximum Gasteiger partial charge on any atom is 0.338 e. The van der Waals surface area contributed by atoms with Crippen molar-refractivity contribution in [1.82, 2.24) is 5.32 Å². The molecule has 2 rings (SSSR count). The van der Waals surface area contributed by atoms with E-state index < -0.39 is 0 Å². The first-order valence-electron chi connectivity index (χ1n) is 8.11. The molecule has 7 heteroatoms. The summed E-state index contributed by atoms with van der Waals surface area (Å²) in [5.41, 5.74) is 1.04. The fraction of sp³-hybridized carbons (Fsp3) is 0.333. The van der Waals surface area contributed by atoms with Crippen molar-refractivity contribution < 1.29 is 23.5 Å². The van der Waals surface area contributed by atoms with Crippen molar-refractivity contribution >= 4 is 17.7 Å². The molecule has 0 aliphatic heterocycles. The molecule has 1 aromatic heterocycles. The molecule has 134 valence electrons. The van der Waals surface area contributed by atoms with Crippen LogP contribution in [0.1, 0.15) is 29.5 Å². The highest BCUT2D eigenvalue weighted by Gasteiger charge is 2.06. The Morgan fingerprint density at radius 2 is 1.96 bits per heavy atom. The van der Waals surface area contributed by atoms with E-state index in [2.05, 4.69) is 10.6 Å². The van der Waals surface area contributed by atoms with Crippen molar-refractivity contribution in [3.05, 3.63) is 54.0 Å². The van der Waals surface area contributed by atoms with Gasteiger partial charge in [0.15, 0.2) is 0 Å². The van der Waals surface area contributed by atoms with Crippen LogP contribution < -0.4 is 10.6 Å². The summed E-state index contributed by atoms with van der Waals surface area (Å²) in [6, 6.07) is 9.86. The SMILES string of the molecule is CCOC(=O)c1ccc(NC(=O)NCCCOCc2ccco2)cc1. The third-order valence-electron chi connectivity index (χ3n) is 3.23. The number of carbonyl (C=O) groups excluding carboxylic acids is 2. The van der Waals surface area contributed by atoms with E-state index in [1.54, 1.807) is 37.5 Å². The molecule has 0 saturated carbocycles. The monoisotopic (exact) mass is 346 g/mol. The van der Waals surface area contributed by atoms with Gasteiger partial charge in [0.05, 0.1) is 18.4 Å². The van der Waals surface area contributed by atoms with E-state index in [4.69, 9.17) is 13.9 Å². The van der Waals surface area contributed by atoms with Crippen LogP contribution in [-0.4, -0.2) is 31.8 Å². The van der Waals surface area contributed by atoms with Gasteiger partial charge >= 0.3 is 12.0 Å². The minimum Gasteiger partial charge on any atom is -0.467 e. The highest BCUT2D eigenvalue weighted by Crippen LogP contribution is 2.10. The second-order valence-electron chi connectivity index (χ2n) is 5.16. The van der Waals surface area contributed by atoms with E-state index in [1.165, 1.54) is 0 Å². The van der Waals surface area contributed by atoms with Crippen molar-refractivity contribution in [2.75, 3.05) is 25.1 Å². The minimum absolute atomic E-state index is 0.310. The Hall–Kier alpha value is -2.80. The fourth-order valence-electron chi connectivity index (χ4n) is 2.02. The summed E-state index contributed by atoms with van der Waals surface area (Å²) in [6.07, 6.45) is 2.29. The molecule has 1 aromatic carbocycles. The quantitative estimate of drug-likeness (QED) is 0.538. The van der Waals surface area contributed by atoms with Gasteiger partial charge in [0.25, 0.3) is 0 Å². The van der Waals surface area contributed by atoms with Crippen LogP contribution in [0.15, 0.2) is 47.1 Å². The number of esters is 1. The van der Waals surface area contributed by atoms with Crippen molar-refractivity contribution in [1.29, 1.82) is 0 Å². The first-order valence-corrected chi connectivity index (χ1v) is 8.11.